The molecule has 0 aliphatic carbocycles. The standard InChI is InChI=1S/C26H22ClN3O3/c1-16(31)21-9-10-23(24(27)25(21)32)33-15-18-7-5-17(6-8-18)13-19-3-2-4-20(14-19)22-11-12-29-26(28)30-22/h2-12,14,32H,13,15H2,1H3,(H2,28,29,30). The van der Waals surface area contributed by atoms with Crippen molar-refractivity contribution < 1.29 is 14.6 Å². The first kappa shape index (κ1) is 22.3. The van der Waals surface area contributed by atoms with Crippen molar-refractivity contribution in [3.8, 4) is 22.8 Å². The smallest absolute Gasteiger partial charge is 0.220 e. The number of rotatable bonds is 7. The molecule has 7 heteroatoms. The van der Waals surface area contributed by atoms with Crippen molar-refractivity contribution in [2.45, 2.75) is 20.0 Å². The molecule has 0 fully saturated rings. The number of aromatic nitrogens is 2. The number of benzene rings is 3. The van der Waals surface area contributed by atoms with Gasteiger partial charge in [0, 0.05) is 11.8 Å². The summed E-state index contributed by atoms with van der Waals surface area (Å²) in [6.07, 6.45) is 2.42. The van der Waals surface area contributed by atoms with Crippen LogP contribution in [0.4, 0.5) is 5.95 Å². The SMILES string of the molecule is CC(=O)c1ccc(OCc2ccc(Cc3cccc(-c4ccnc(N)n4)c3)cc2)c(Cl)c1O. The maximum absolute atomic E-state index is 11.5. The number of ketones is 1. The number of carbonyl (C=O) groups excluding carboxylic acids is 1. The number of nitrogen functional groups attached to an aromatic ring is 1. The van der Waals surface area contributed by atoms with Crippen LogP contribution in [0.3, 0.4) is 0 Å². The first-order valence-electron chi connectivity index (χ1n) is 10.3. The monoisotopic (exact) mass is 459 g/mol. The molecule has 0 saturated heterocycles. The Kier molecular flexibility index (Phi) is 6.56. The van der Waals surface area contributed by atoms with Crippen molar-refractivity contribution in [1.82, 2.24) is 9.97 Å². The highest BCUT2D eigenvalue weighted by Gasteiger charge is 2.15. The van der Waals surface area contributed by atoms with E-state index in [2.05, 4.69) is 22.1 Å². The van der Waals surface area contributed by atoms with Crippen LogP contribution in [0.1, 0.15) is 34.0 Å². The molecular formula is C26H22ClN3O3. The summed E-state index contributed by atoms with van der Waals surface area (Å²) in [5.74, 6) is 0.0552. The molecule has 3 aromatic carbocycles. The van der Waals surface area contributed by atoms with Crippen molar-refractivity contribution in [3.05, 3.63) is 100 Å². The number of Topliss-reactive ketones (excluding diaryl/α,β-unsaturated/α-hetero) is 1. The molecule has 3 N–H and O–H groups in total. The van der Waals surface area contributed by atoms with Crippen molar-refractivity contribution in [3.63, 3.8) is 0 Å². The van der Waals surface area contributed by atoms with Gasteiger partial charge in [-0.15, -0.1) is 0 Å². The summed E-state index contributed by atoms with van der Waals surface area (Å²) in [6.45, 7) is 1.65. The Hall–Kier alpha value is -3.90. The summed E-state index contributed by atoms with van der Waals surface area (Å²) in [4.78, 5) is 19.7. The Morgan fingerprint density at radius 2 is 1.79 bits per heavy atom. The zero-order chi connectivity index (χ0) is 23.4. The molecule has 1 heterocycles. The van der Waals surface area contributed by atoms with E-state index in [1.807, 2.05) is 42.5 Å². The topological polar surface area (TPSA) is 98.3 Å². The van der Waals surface area contributed by atoms with E-state index in [-0.39, 0.29) is 34.7 Å². The highest BCUT2D eigenvalue weighted by Crippen LogP contribution is 2.36. The fourth-order valence-electron chi connectivity index (χ4n) is 3.47. The van der Waals surface area contributed by atoms with Gasteiger partial charge in [-0.05, 0) is 54.3 Å². The van der Waals surface area contributed by atoms with Crippen LogP contribution in [-0.2, 0) is 13.0 Å². The number of phenols is 1. The highest BCUT2D eigenvalue weighted by molar-refractivity contribution is 6.34. The Morgan fingerprint density at radius 1 is 1.03 bits per heavy atom. The number of aromatic hydroxyl groups is 1. The molecule has 0 amide bonds. The van der Waals surface area contributed by atoms with Gasteiger partial charge in [-0.1, -0.05) is 54.1 Å². The van der Waals surface area contributed by atoms with E-state index in [4.69, 9.17) is 22.1 Å². The molecule has 33 heavy (non-hydrogen) atoms. The van der Waals surface area contributed by atoms with Gasteiger partial charge in [0.05, 0.1) is 11.3 Å². The molecule has 0 aliphatic heterocycles. The lowest BCUT2D eigenvalue weighted by molar-refractivity contribution is 0.101. The van der Waals surface area contributed by atoms with Crippen LogP contribution in [0.15, 0.2) is 72.9 Å². The minimum atomic E-state index is -0.261. The zero-order valence-electron chi connectivity index (χ0n) is 18.0. The van der Waals surface area contributed by atoms with Crippen molar-refractivity contribution >= 4 is 23.3 Å². The molecule has 4 aromatic rings. The molecule has 0 bridgehead atoms. The van der Waals surface area contributed by atoms with Crippen LogP contribution in [-0.4, -0.2) is 20.9 Å². The third kappa shape index (κ3) is 5.30. The van der Waals surface area contributed by atoms with Gasteiger partial charge in [-0.25, -0.2) is 9.97 Å². The Labute approximate surface area is 196 Å². The molecule has 0 radical (unpaired) electrons. The van der Waals surface area contributed by atoms with Gasteiger partial charge in [0.1, 0.15) is 23.1 Å². The zero-order valence-corrected chi connectivity index (χ0v) is 18.7. The van der Waals surface area contributed by atoms with Crippen LogP contribution in [0.5, 0.6) is 11.5 Å². The van der Waals surface area contributed by atoms with E-state index in [1.54, 1.807) is 12.3 Å². The third-order valence-electron chi connectivity index (χ3n) is 5.18. The largest absolute Gasteiger partial charge is 0.505 e. The Morgan fingerprint density at radius 3 is 2.52 bits per heavy atom. The van der Waals surface area contributed by atoms with E-state index in [9.17, 15) is 9.90 Å². The second kappa shape index (κ2) is 9.71. The lowest BCUT2D eigenvalue weighted by Crippen LogP contribution is -1.99. The number of halogens is 1. The highest BCUT2D eigenvalue weighted by atomic mass is 35.5. The van der Waals surface area contributed by atoms with Crippen molar-refractivity contribution in [1.29, 1.82) is 0 Å². The summed E-state index contributed by atoms with van der Waals surface area (Å²) < 4.78 is 5.75. The van der Waals surface area contributed by atoms with Crippen LogP contribution in [0.25, 0.3) is 11.3 Å². The summed E-state index contributed by atoms with van der Waals surface area (Å²) in [6, 6.07) is 21.2. The maximum Gasteiger partial charge on any atom is 0.220 e. The van der Waals surface area contributed by atoms with Crippen LogP contribution < -0.4 is 10.5 Å². The molecular weight excluding hydrogens is 438 g/mol. The summed E-state index contributed by atoms with van der Waals surface area (Å²) in [5, 5.41) is 10.1. The molecule has 0 saturated carbocycles. The second-order valence-corrected chi connectivity index (χ2v) is 7.99. The second-order valence-electron chi connectivity index (χ2n) is 7.61. The minimum absolute atomic E-state index is 0.0321. The lowest BCUT2D eigenvalue weighted by atomic mass is 10.0. The van der Waals surface area contributed by atoms with Gasteiger partial charge < -0.3 is 15.6 Å². The third-order valence-corrected chi connectivity index (χ3v) is 5.55. The van der Waals surface area contributed by atoms with Gasteiger partial charge in [0.25, 0.3) is 0 Å². The van der Waals surface area contributed by atoms with E-state index in [1.165, 1.54) is 13.0 Å². The van der Waals surface area contributed by atoms with Gasteiger partial charge >= 0.3 is 0 Å². The fraction of sp³-hybridized carbons (Fsp3) is 0.115. The number of carbonyl (C=O) groups is 1. The molecule has 4 rings (SSSR count). The molecule has 1 aromatic heterocycles. The molecule has 0 spiro atoms. The van der Waals surface area contributed by atoms with Crippen LogP contribution in [0.2, 0.25) is 5.02 Å². The summed E-state index contributed by atoms with van der Waals surface area (Å²) in [7, 11) is 0. The number of ether oxygens (including phenoxy) is 1. The average molecular weight is 460 g/mol. The van der Waals surface area contributed by atoms with Gasteiger partial charge in [0.2, 0.25) is 5.95 Å². The summed E-state index contributed by atoms with van der Waals surface area (Å²) in [5.41, 5.74) is 10.9. The lowest BCUT2D eigenvalue weighted by Gasteiger charge is -2.11. The van der Waals surface area contributed by atoms with E-state index < -0.39 is 0 Å². The predicted octanol–water partition coefficient (Wildman–Crippen LogP) is 5.46. The van der Waals surface area contributed by atoms with Crippen molar-refractivity contribution in [2.75, 3.05) is 5.73 Å². The number of phenolic OH excluding ortho intramolecular Hbond substituents is 1. The number of anilines is 1. The number of nitrogens with zero attached hydrogens (tertiary/aromatic N) is 2. The minimum Gasteiger partial charge on any atom is -0.505 e. The fourth-order valence-corrected chi connectivity index (χ4v) is 3.69. The molecule has 0 atom stereocenters. The maximum atomic E-state index is 11.5. The van der Waals surface area contributed by atoms with Gasteiger partial charge in [0.15, 0.2) is 5.78 Å². The Bertz CT molecular complexity index is 1310. The van der Waals surface area contributed by atoms with Gasteiger partial charge in [-0.2, -0.15) is 0 Å². The van der Waals surface area contributed by atoms with Crippen LogP contribution >= 0.6 is 11.6 Å². The van der Waals surface area contributed by atoms with Crippen molar-refractivity contribution in [2.24, 2.45) is 0 Å². The number of hydrogen-bond donors (Lipinski definition) is 2. The molecule has 166 valence electrons. The van der Waals surface area contributed by atoms with E-state index >= 15 is 0 Å². The van der Waals surface area contributed by atoms with Crippen LogP contribution in [0, 0.1) is 0 Å². The normalized spacial score (nSPS) is 10.7. The first-order valence-corrected chi connectivity index (χ1v) is 10.7. The molecule has 0 aliphatic rings. The predicted molar refractivity (Wildman–Crippen MR) is 129 cm³/mol. The average Bonchev–Trinajstić information content (AvgIpc) is 2.81. The number of nitrogens with two attached hydrogens (primary N) is 1. The molecule has 6 nitrogen and oxygen atoms in total. The molecule has 0 unspecified atom stereocenters. The Balaban J connectivity index is 1.42. The quantitative estimate of drug-likeness (QED) is 0.356. The van der Waals surface area contributed by atoms with E-state index in [0.29, 0.717) is 5.75 Å². The van der Waals surface area contributed by atoms with Gasteiger partial charge in [-0.3, -0.25) is 4.79 Å². The first-order chi connectivity index (χ1) is 15.9. The number of hydrogen-bond acceptors (Lipinski definition) is 6. The van der Waals surface area contributed by atoms with E-state index in [0.717, 1.165) is 34.4 Å². The summed E-state index contributed by atoms with van der Waals surface area (Å²) >= 11 is 6.15.